The summed E-state index contributed by atoms with van der Waals surface area (Å²) in [4.78, 5) is 24.6. The Morgan fingerprint density at radius 2 is 2.06 bits per heavy atom. The zero-order valence-electron chi connectivity index (χ0n) is 10.3. The minimum Gasteiger partial charge on any atom is -0.480 e. The zero-order chi connectivity index (χ0) is 12.3. The largest absolute Gasteiger partial charge is 0.480 e. The maximum absolute atomic E-state index is 12.1. The fourth-order valence-corrected chi connectivity index (χ4v) is 2.15. The first-order chi connectivity index (χ1) is 7.49. The molecule has 4 heteroatoms. The average Bonchev–Trinajstić information content (AvgIpc) is 2.74. The summed E-state index contributed by atoms with van der Waals surface area (Å²) < 4.78 is 0. The molecule has 92 valence electrons. The second kappa shape index (κ2) is 5.32. The van der Waals surface area contributed by atoms with Crippen LogP contribution in [0, 0.1) is 11.8 Å². The van der Waals surface area contributed by atoms with Crippen LogP contribution in [0.4, 0.5) is 0 Å². The Morgan fingerprint density at radius 3 is 2.56 bits per heavy atom. The first-order valence-corrected chi connectivity index (χ1v) is 6.02. The summed E-state index contributed by atoms with van der Waals surface area (Å²) >= 11 is 0. The normalized spacial score (nSPS) is 24.2. The van der Waals surface area contributed by atoms with E-state index < -0.39 is 12.0 Å². The van der Waals surface area contributed by atoms with Gasteiger partial charge in [0.2, 0.25) is 5.91 Å². The van der Waals surface area contributed by atoms with E-state index in [0.717, 1.165) is 12.8 Å². The molecule has 0 aliphatic carbocycles. The predicted octanol–water partition coefficient (Wildman–Crippen LogP) is 1.74. The molecule has 1 rings (SSSR count). The topological polar surface area (TPSA) is 57.6 Å². The van der Waals surface area contributed by atoms with Crippen molar-refractivity contribution in [1.29, 1.82) is 0 Å². The van der Waals surface area contributed by atoms with Crippen molar-refractivity contribution in [2.75, 3.05) is 6.54 Å². The van der Waals surface area contributed by atoms with Crippen molar-refractivity contribution in [3.8, 4) is 0 Å². The van der Waals surface area contributed by atoms with Gasteiger partial charge >= 0.3 is 5.97 Å². The van der Waals surface area contributed by atoms with Gasteiger partial charge in [0.05, 0.1) is 0 Å². The number of carboxylic acid groups (broad SMARTS) is 1. The van der Waals surface area contributed by atoms with Crippen molar-refractivity contribution in [2.24, 2.45) is 11.8 Å². The van der Waals surface area contributed by atoms with Gasteiger partial charge in [-0.15, -0.1) is 0 Å². The van der Waals surface area contributed by atoms with Crippen LogP contribution in [-0.2, 0) is 9.59 Å². The second-order valence-corrected chi connectivity index (χ2v) is 4.70. The van der Waals surface area contributed by atoms with E-state index in [0.29, 0.717) is 18.9 Å². The maximum Gasteiger partial charge on any atom is 0.326 e. The second-order valence-electron chi connectivity index (χ2n) is 4.70. The highest BCUT2D eigenvalue weighted by atomic mass is 16.4. The Morgan fingerprint density at radius 1 is 1.44 bits per heavy atom. The van der Waals surface area contributed by atoms with Gasteiger partial charge in [0.1, 0.15) is 6.04 Å². The number of carboxylic acids is 1. The van der Waals surface area contributed by atoms with E-state index in [1.807, 2.05) is 20.8 Å². The molecule has 0 saturated carbocycles. The molecule has 2 unspecified atom stereocenters. The predicted molar refractivity (Wildman–Crippen MR) is 61.0 cm³/mol. The Hall–Kier alpha value is -1.06. The van der Waals surface area contributed by atoms with Crippen LogP contribution in [0.15, 0.2) is 0 Å². The third kappa shape index (κ3) is 2.54. The molecule has 0 aromatic rings. The highest BCUT2D eigenvalue weighted by Crippen LogP contribution is 2.24. The first-order valence-electron chi connectivity index (χ1n) is 6.02. The minimum absolute atomic E-state index is 0.000694. The molecule has 1 N–H and O–H groups in total. The molecule has 0 radical (unpaired) electrons. The molecule has 1 aliphatic rings. The van der Waals surface area contributed by atoms with Gasteiger partial charge in [-0.3, -0.25) is 4.79 Å². The Balaban J connectivity index is 2.69. The molecule has 0 bridgehead atoms. The fraction of sp³-hybridized carbons (Fsp3) is 0.833. The molecule has 1 amide bonds. The van der Waals surface area contributed by atoms with Crippen LogP contribution in [0.5, 0.6) is 0 Å². The SMILES string of the molecule is CCC(C)C(C)C(=O)N1CCC[C@@H]1C(=O)O. The number of hydrogen-bond acceptors (Lipinski definition) is 2. The van der Waals surface area contributed by atoms with Gasteiger partial charge in [-0.25, -0.2) is 4.79 Å². The molecule has 1 aliphatic heterocycles. The zero-order valence-corrected chi connectivity index (χ0v) is 10.3. The van der Waals surface area contributed by atoms with Crippen LogP contribution >= 0.6 is 0 Å². The Labute approximate surface area is 96.6 Å². The molecule has 1 saturated heterocycles. The van der Waals surface area contributed by atoms with Crippen LogP contribution in [0.1, 0.15) is 40.0 Å². The van der Waals surface area contributed by atoms with Gasteiger partial charge in [-0.05, 0) is 18.8 Å². The molecule has 0 aromatic heterocycles. The average molecular weight is 227 g/mol. The van der Waals surface area contributed by atoms with E-state index in [2.05, 4.69) is 0 Å². The van der Waals surface area contributed by atoms with Crippen molar-refractivity contribution in [2.45, 2.75) is 46.1 Å². The molecule has 0 aromatic carbocycles. The lowest BCUT2D eigenvalue weighted by atomic mass is 9.92. The van der Waals surface area contributed by atoms with Gasteiger partial charge in [0.25, 0.3) is 0 Å². The smallest absolute Gasteiger partial charge is 0.326 e. The molecular weight excluding hydrogens is 206 g/mol. The summed E-state index contributed by atoms with van der Waals surface area (Å²) in [5.74, 6) is -0.644. The van der Waals surface area contributed by atoms with Crippen molar-refractivity contribution in [1.82, 2.24) is 4.90 Å². The number of hydrogen-bond donors (Lipinski definition) is 1. The van der Waals surface area contributed by atoms with Crippen molar-refractivity contribution in [3.63, 3.8) is 0 Å². The summed E-state index contributed by atoms with van der Waals surface area (Å²) in [6, 6.07) is -0.598. The van der Waals surface area contributed by atoms with Crippen molar-refractivity contribution in [3.05, 3.63) is 0 Å². The number of nitrogens with zero attached hydrogens (tertiary/aromatic N) is 1. The van der Waals surface area contributed by atoms with Crippen LogP contribution in [0.3, 0.4) is 0 Å². The van der Waals surface area contributed by atoms with Gasteiger partial charge in [-0.2, -0.15) is 0 Å². The van der Waals surface area contributed by atoms with Gasteiger partial charge < -0.3 is 10.0 Å². The van der Waals surface area contributed by atoms with Crippen LogP contribution < -0.4 is 0 Å². The number of amides is 1. The highest BCUT2D eigenvalue weighted by molar-refractivity contribution is 5.85. The number of carbonyl (C=O) groups is 2. The Kier molecular flexibility index (Phi) is 4.33. The van der Waals surface area contributed by atoms with Crippen LogP contribution in [-0.4, -0.2) is 34.5 Å². The summed E-state index contributed by atoms with van der Waals surface area (Å²) in [6.45, 7) is 6.58. The van der Waals surface area contributed by atoms with Crippen molar-refractivity contribution < 1.29 is 14.7 Å². The lowest BCUT2D eigenvalue weighted by Gasteiger charge is -2.27. The maximum atomic E-state index is 12.1. The van der Waals surface area contributed by atoms with Crippen molar-refractivity contribution >= 4 is 11.9 Å². The van der Waals surface area contributed by atoms with E-state index in [-0.39, 0.29) is 11.8 Å². The molecule has 4 nitrogen and oxygen atoms in total. The molecule has 1 fully saturated rings. The summed E-state index contributed by atoms with van der Waals surface area (Å²) in [5.41, 5.74) is 0. The molecule has 3 atom stereocenters. The highest BCUT2D eigenvalue weighted by Gasteiger charge is 2.36. The fourth-order valence-electron chi connectivity index (χ4n) is 2.15. The molecule has 16 heavy (non-hydrogen) atoms. The minimum atomic E-state index is -0.873. The van der Waals surface area contributed by atoms with E-state index in [4.69, 9.17) is 5.11 Å². The number of aliphatic carboxylic acids is 1. The molecule has 0 spiro atoms. The first kappa shape index (κ1) is 13.0. The monoisotopic (exact) mass is 227 g/mol. The van der Waals surface area contributed by atoms with E-state index >= 15 is 0 Å². The van der Waals surface area contributed by atoms with Crippen LogP contribution in [0.25, 0.3) is 0 Å². The quantitative estimate of drug-likeness (QED) is 0.796. The van der Waals surface area contributed by atoms with Gasteiger partial charge in [0.15, 0.2) is 0 Å². The number of likely N-dealkylation sites (tertiary alicyclic amines) is 1. The summed E-state index contributed by atoms with van der Waals surface area (Å²) in [7, 11) is 0. The third-order valence-corrected chi connectivity index (χ3v) is 3.71. The lowest BCUT2D eigenvalue weighted by molar-refractivity contribution is -0.150. The van der Waals surface area contributed by atoms with E-state index in [9.17, 15) is 9.59 Å². The summed E-state index contributed by atoms with van der Waals surface area (Å²) in [6.07, 6.45) is 2.34. The Bertz CT molecular complexity index is 277. The lowest BCUT2D eigenvalue weighted by Crippen LogP contribution is -2.44. The standard InChI is InChI=1S/C12H21NO3/c1-4-8(2)9(3)11(14)13-7-5-6-10(13)12(15)16/h8-10H,4-7H2,1-3H3,(H,15,16)/t8?,9?,10-/m1/s1. The van der Waals surface area contributed by atoms with Gasteiger partial charge in [-0.1, -0.05) is 27.2 Å². The van der Waals surface area contributed by atoms with E-state index in [1.54, 1.807) is 4.90 Å². The van der Waals surface area contributed by atoms with Crippen LogP contribution in [0.2, 0.25) is 0 Å². The molecular formula is C12H21NO3. The third-order valence-electron chi connectivity index (χ3n) is 3.71. The van der Waals surface area contributed by atoms with Gasteiger partial charge in [0, 0.05) is 12.5 Å². The summed E-state index contributed by atoms with van der Waals surface area (Å²) in [5, 5.41) is 9.02. The van der Waals surface area contributed by atoms with E-state index in [1.165, 1.54) is 0 Å². The molecule has 1 heterocycles. The number of rotatable bonds is 4. The number of carbonyl (C=O) groups excluding carboxylic acids is 1.